The number of hydrogen-bond acceptors (Lipinski definition) is 5. The van der Waals surface area contributed by atoms with Crippen molar-refractivity contribution in [1.29, 1.82) is 0 Å². The molecule has 152 valence electrons. The fourth-order valence-electron chi connectivity index (χ4n) is 2.70. The lowest BCUT2D eigenvalue weighted by Gasteiger charge is -2.07. The predicted octanol–water partition coefficient (Wildman–Crippen LogP) is 5.58. The summed E-state index contributed by atoms with van der Waals surface area (Å²) in [6, 6.07) is 18.8. The minimum absolute atomic E-state index is 0.173. The van der Waals surface area contributed by atoms with Crippen LogP contribution in [0.15, 0.2) is 77.3 Å². The number of ether oxygens (including phenoxy) is 3. The number of rotatable bonds is 7. The quantitative estimate of drug-likeness (QED) is 0.197. The molecule has 0 saturated heterocycles. The van der Waals surface area contributed by atoms with E-state index in [-0.39, 0.29) is 5.78 Å². The molecule has 6 heteroatoms. The monoisotopic (exact) mass is 466 g/mol. The molecule has 3 rings (SSSR count). The Bertz CT molecular complexity index is 1090. The van der Waals surface area contributed by atoms with E-state index >= 15 is 0 Å². The molecule has 3 aromatic rings. The number of esters is 1. The van der Waals surface area contributed by atoms with Crippen LogP contribution in [0, 0.1) is 0 Å². The highest BCUT2D eigenvalue weighted by atomic mass is 79.9. The molecule has 0 spiro atoms. The van der Waals surface area contributed by atoms with Crippen molar-refractivity contribution in [3.8, 4) is 17.2 Å². The fraction of sp³-hybridized carbons (Fsp3) is 0.0833. The molecule has 0 radical (unpaired) electrons. The zero-order valence-corrected chi connectivity index (χ0v) is 18.0. The zero-order valence-electron chi connectivity index (χ0n) is 16.4. The van der Waals surface area contributed by atoms with E-state index in [1.54, 1.807) is 74.9 Å². The Balaban J connectivity index is 1.67. The van der Waals surface area contributed by atoms with Crippen molar-refractivity contribution < 1.29 is 23.8 Å². The summed E-state index contributed by atoms with van der Waals surface area (Å²) in [7, 11) is 3.12. The van der Waals surface area contributed by atoms with E-state index in [0.717, 1.165) is 5.56 Å². The van der Waals surface area contributed by atoms with Crippen molar-refractivity contribution in [3.05, 3.63) is 94.0 Å². The van der Waals surface area contributed by atoms with Gasteiger partial charge in [0.05, 0.1) is 19.8 Å². The van der Waals surface area contributed by atoms with E-state index in [1.807, 2.05) is 12.1 Å². The van der Waals surface area contributed by atoms with Crippen LogP contribution >= 0.6 is 15.9 Å². The normalized spacial score (nSPS) is 10.6. The van der Waals surface area contributed by atoms with Gasteiger partial charge in [-0.05, 0) is 76.1 Å². The lowest BCUT2D eigenvalue weighted by atomic mass is 10.1. The standard InChI is InChI=1S/C24H19BrO5/c1-28-22-14-8-16(15-23(22)29-2)7-13-21(26)17-9-11-18(12-10-17)30-24(27)19-5-3-4-6-20(19)25/h3-15H,1-2H3. The highest BCUT2D eigenvalue weighted by molar-refractivity contribution is 9.10. The molecule has 30 heavy (non-hydrogen) atoms. The lowest BCUT2D eigenvalue weighted by molar-refractivity contribution is 0.0733. The summed E-state index contributed by atoms with van der Waals surface area (Å²) >= 11 is 3.33. The number of carbonyl (C=O) groups is 2. The number of carbonyl (C=O) groups excluding carboxylic acids is 2. The molecule has 0 heterocycles. The summed E-state index contributed by atoms with van der Waals surface area (Å²) in [6.45, 7) is 0. The van der Waals surface area contributed by atoms with Gasteiger partial charge in [0.1, 0.15) is 5.75 Å². The number of hydrogen-bond donors (Lipinski definition) is 0. The van der Waals surface area contributed by atoms with Crippen LogP contribution < -0.4 is 14.2 Å². The van der Waals surface area contributed by atoms with Crippen LogP contribution in [0.5, 0.6) is 17.2 Å². The third-order valence-electron chi connectivity index (χ3n) is 4.28. The topological polar surface area (TPSA) is 61.8 Å². The van der Waals surface area contributed by atoms with Crippen LogP contribution in [0.4, 0.5) is 0 Å². The van der Waals surface area contributed by atoms with E-state index in [4.69, 9.17) is 14.2 Å². The Hall–Kier alpha value is -3.38. The Morgan fingerprint density at radius 2 is 1.57 bits per heavy atom. The zero-order chi connectivity index (χ0) is 21.5. The molecule has 0 bridgehead atoms. The van der Waals surface area contributed by atoms with Crippen molar-refractivity contribution in [2.75, 3.05) is 14.2 Å². The van der Waals surface area contributed by atoms with Gasteiger partial charge >= 0.3 is 5.97 Å². The number of ketones is 1. The van der Waals surface area contributed by atoms with Crippen molar-refractivity contribution in [2.24, 2.45) is 0 Å². The van der Waals surface area contributed by atoms with Gasteiger partial charge in [0.25, 0.3) is 0 Å². The van der Waals surface area contributed by atoms with Crippen molar-refractivity contribution in [1.82, 2.24) is 0 Å². The van der Waals surface area contributed by atoms with Gasteiger partial charge in [-0.25, -0.2) is 4.79 Å². The number of methoxy groups -OCH3 is 2. The average molecular weight is 467 g/mol. The second-order valence-corrected chi connectivity index (χ2v) is 7.06. The summed E-state index contributed by atoms with van der Waals surface area (Å²) in [5.41, 5.74) is 1.71. The first-order valence-corrected chi connectivity index (χ1v) is 9.82. The van der Waals surface area contributed by atoms with Gasteiger partial charge in [-0.1, -0.05) is 24.3 Å². The maximum Gasteiger partial charge on any atom is 0.344 e. The smallest absolute Gasteiger partial charge is 0.344 e. The Morgan fingerprint density at radius 3 is 2.23 bits per heavy atom. The molecule has 0 N–H and O–H groups in total. The molecular formula is C24H19BrO5. The molecular weight excluding hydrogens is 448 g/mol. The molecule has 3 aromatic carbocycles. The highest BCUT2D eigenvalue weighted by Crippen LogP contribution is 2.28. The van der Waals surface area contributed by atoms with Crippen molar-refractivity contribution in [3.63, 3.8) is 0 Å². The van der Waals surface area contributed by atoms with Gasteiger partial charge in [-0.2, -0.15) is 0 Å². The number of allylic oxidation sites excluding steroid dienone is 1. The first-order chi connectivity index (χ1) is 14.5. The summed E-state index contributed by atoms with van der Waals surface area (Å²) in [6.07, 6.45) is 3.18. The third kappa shape index (κ3) is 5.15. The molecule has 0 saturated carbocycles. The second kappa shape index (κ2) is 9.89. The van der Waals surface area contributed by atoms with Gasteiger partial charge in [0.15, 0.2) is 17.3 Å². The Labute approximate surface area is 183 Å². The highest BCUT2D eigenvalue weighted by Gasteiger charge is 2.12. The van der Waals surface area contributed by atoms with Crippen LogP contribution in [-0.4, -0.2) is 26.0 Å². The molecule has 0 aliphatic carbocycles. The SMILES string of the molecule is COc1ccc(C=CC(=O)c2ccc(OC(=O)c3ccccc3Br)cc2)cc1OC. The number of benzene rings is 3. The van der Waals surface area contributed by atoms with Crippen LogP contribution in [-0.2, 0) is 0 Å². The van der Waals surface area contributed by atoms with Crippen molar-refractivity contribution in [2.45, 2.75) is 0 Å². The van der Waals surface area contributed by atoms with E-state index in [0.29, 0.717) is 32.8 Å². The molecule has 0 atom stereocenters. The van der Waals surface area contributed by atoms with E-state index in [1.165, 1.54) is 6.08 Å². The van der Waals surface area contributed by atoms with Crippen LogP contribution in [0.25, 0.3) is 6.08 Å². The van der Waals surface area contributed by atoms with Crippen molar-refractivity contribution >= 4 is 33.8 Å². The second-order valence-electron chi connectivity index (χ2n) is 6.21. The first-order valence-electron chi connectivity index (χ1n) is 9.03. The van der Waals surface area contributed by atoms with Crippen LogP contribution in [0.1, 0.15) is 26.3 Å². The van der Waals surface area contributed by atoms with E-state index in [2.05, 4.69) is 15.9 Å². The van der Waals surface area contributed by atoms with E-state index in [9.17, 15) is 9.59 Å². The summed E-state index contributed by atoms with van der Waals surface area (Å²) in [5.74, 6) is 0.913. The van der Waals surface area contributed by atoms with E-state index < -0.39 is 5.97 Å². The van der Waals surface area contributed by atoms with Gasteiger partial charge in [-0.3, -0.25) is 4.79 Å². The molecule has 0 fully saturated rings. The minimum Gasteiger partial charge on any atom is -0.493 e. The van der Waals surface area contributed by atoms with Gasteiger partial charge in [0, 0.05) is 10.0 Å². The first kappa shape index (κ1) is 21.3. The van der Waals surface area contributed by atoms with Crippen LogP contribution in [0.3, 0.4) is 0 Å². The minimum atomic E-state index is -0.477. The molecule has 0 amide bonds. The molecule has 0 aliphatic heterocycles. The average Bonchev–Trinajstić information content (AvgIpc) is 2.78. The third-order valence-corrected chi connectivity index (χ3v) is 4.97. The maximum absolute atomic E-state index is 12.4. The maximum atomic E-state index is 12.4. The lowest BCUT2D eigenvalue weighted by Crippen LogP contribution is -2.09. The summed E-state index contributed by atoms with van der Waals surface area (Å²) in [5, 5.41) is 0. The molecule has 0 aromatic heterocycles. The largest absolute Gasteiger partial charge is 0.493 e. The fourth-order valence-corrected chi connectivity index (χ4v) is 3.15. The summed E-state index contributed by atoms with van der Waals surface area (Å²) < 4.78 is 16.5. The predicted molar refractivity (Wildman–Crippen MR) is 118 cm³/mol. The van der Waals surface area contributed by atoms with Crippen LogP contribution in [0.2, 0.25) is 0 Å². The van der Waals surface area contributed by atoms with Gasteiger partial charge < -0.3 is 14.2 Å². The summed E-state index contributed by atoms with van der Waals surface area (Å²) in [4.78, 5) is 24.7. The molecule has 5 nitrogen and oxygen atoms in total. The van der Waals surface area contributed by atoms with Gasteiger partial charge in [-0.15, -0.1) is 0 Å². The molecule has 0 aliphatic rings. The number of halogens is 1. The Kier molecular flexibility index (Phi) is 7.03. The van der Waals surface area contributed by atoms with Gasteiger partial charge in [0.2, 0.25) is 0 Å². The molecule has 0 unspecified atom stereocenters. The Morgan fingerprint density at radius 1 is 0.867 bits per heavy atom.